The van der Waals surface area contributed by atoms with Crippen LogP contribution in [0, 0.1) is 0 Å². The van der Waals surface area contributed by atoms with Crippen molar-refractivity contribution in [1.82, 2.24) is 19.4 Å². The highest BCUT2D eigenvalue weighted by atomic mass is 32.2. The molecule has 0 saturated carbocycles. The van der Waals surface area contributed by atoms with Gasteiger partial charge in [0, 0.05) is 63.5 Å². The topological polar surface area (TPSA) is 41.4 Å². The van der Waals surface area contributed by atoms with Gasteiger partial charge < -0.3 is 9.47 Å². The molecule has 2 aromatic carbocycles. The quantitative estimate of drug-likeness (QED) is 0.525. The first-order valence-electron chi connectivity index (χ1n) is 10.6. The Hall–Kier alpha value is -2.83. The minimum Gasteiger partial charge on any atom is -0.336 e. The number of piperazine rings is 1. The van der Waals surface area contributed by atoms with Crippen molar-refractivity contribution in [2.24, 2.45) is 7.05 Å². The third kappa shape index (κ3) is 5.87. The summed E-state index contributed by atoms with van der Waals surface area (Å²) < 4.78 is 2.01. The fourth-order valence-corrected chi connectivity index (χ4v) is 4.49. The largest absolute Gasteiger partial charge is 0.336 e. The van der Waals surface area contributed by atoms with Crippen LogP contribution in [0.5, 0.6) is 0 Å². The van der Waals surface area contributed by atoms with Gasteiger partial charge in [-0.3, -0.25) is 9.69 Å². The number of aryl methyl sites for hydroxylation is 1. The molecule has 0 atom stereocenters. The molecule has 0 unspecified atom stereocenters. The van der Waals surface area contributed by atoms with E-state index in [2.05, 4.69) is 46.3 Å². The first-order valence-corrected chi connectivity index (χ1v) is 11.6. The fourth-order valence-electron chi connectivity index (χ4n) is 3.60. The van der Waals surface area contributed by atoms with E-state index >= 15 is 0 Å². The van der Waals surface area contributed by atoms with Crippen molar-refractivity contribution in [2.45, 2.75) is 10.9 Å². The van der Waals surface area contributed by atoms with Crippen LogP contribution in [0.1, 0.15) is 21.5 Å². The van der Waals surface area contributed by atoms with E-state index in [4.69, 9.17) is 0 Å². The molecule has 0 aliphatic carbocycles. The van der Waals surface area contributed by atoms with Crippen LogP contribution in [0.25, 0.3) is 6.08 Å². The minimum absolute atomic E-state index is 0.128. The number of hydrogen-bond acceptors (Lipinski definition) is 4. The number of carbonyl (C=O) groups is 1. The second kappa shape index (κ2) is 10.5. The lowest BCUT2D eigenvalue weighted by molar-refractivity contribution is 0.0650. The van der Waals surface area contributed by atoms with Crippen molar-refractivity contribution >= 4 is 23.7 Å². The standard InChI is InChI=1S/C25H28N4OS/c1-27-15-13-26-25(27)31-20-22-9-11-23(12-10-22)24(30)29-18-16-28(17-19-29)14-5-8-21-6-3-2-4-7-21/h2-13,15H,14,16-20H2,1H3/b8-5+. The number of hydrogen-bond donors (Lipinski definition) is 0. The van der Waals surface area contributed by atoms with Crippen molar-refractivity contribution in [3.63, 3.8) is 0 Å². The Balaban J connectivity index is 1.23. The van der Waals surface area contributed by atoms with Crippen LogP contribution in [-0.2, 0) is 12.8 Å². The SMILES string of the molecule is Cn1ccnc1SCc1ccc(C(=O)N2CCN(C/C=C/c3ccccc3)CC2)cc1. The third-order valence-corrected chi connectivity index (χ3v) is 6.61. The first kappa shape index (κ1) is 21.4. The molecule has 0 N–H and O–H groups in total. The normalized spacial score (nSPS) is 14.9. The molecule has 1 aliphatic heterocycles. The van der Waals surface area contributed by atoms with Gasteiger partial charge in [-0.1, -0.05) is 66.4 Å². The molecule has 1 saturated heterocycles. The molecule has 4 rings (SSSR count). The molecule has 3 aromatic rings. The van der Waals surface area contributed by atoms with E-state index in [1.807, 2.05) is 59.2 Å². The van der Waals surface area contributed by atoms with Crippen molar-refractivity contribution in [3.05, 3.63) is 89.8 Å². The second-order valence-electron chi connectivity index (χ2n) is 7.71. The monoisotopic (exact) mass is 432 g/mol. The van der Waals surface area contributed by atoms with Crippen LogP contribution in [0.15, 0.2) is 78.2 Å². The summed E-state index contributed by atoms with van der Waals surface area (Å²) in [7, 11) is 2.00. The molecule has 31 heavy (non-hydrogen) atoms. The minimum atomic E-state index is 0.128. The molecular weight excluding hydrogens is 404 g/mol. The van der Waals surface area contributed by atoms with E-state index in [9.17, 15) is 4.79 Å². The molecule has 0 radical (unpaired) electrons. The average Bonchev–Trinajstić information content (AvgIpc) is 3.23. The lowest BCUT2D eigenvalue weighted by atomic mass is 10.1. The van der Waals surface area contributed by atoms with Gasteiger partial charge in [0.25, 0.3) is 5.91 Å². The Bertz CT molecular complexity index is 1010. The van der Waals surface area contributed by atoms with Gasteiger partial charge >= 0.3 is 0 Å². The Kier molecular flexibility index (Phi) is 7.22. The highest BCUT2D eigenvalue weighted by Gasteiger charge is 2.21. The molecule has 0 bridgehead atoms. The summed E-state index contributed by atoms with van der Waals surface area (Å²) >= 11 is 1.70. The highest BCUT2D eigenvalue weighted by molar-refractivity contribution is 7.98. The van der Waals surface area contributed by atoms with E-state index in [-0.39, 0.29) is 5.91 Å². The summed E-state index contributed by atoms with van der Waals surface area (Å²) in [6.07, 6.45) is 8.12. The molecule has 1 fully saturated rings. The summed E-state index contributed by atoms with van der Waals surface area (Å²) in [5, 5.41) is 0.997. The number of carbonyl (C=O) groups excluding carboxylic acids is 1. The van der Waals surface area contributed by atoms with Crippen molar-refractivity contribution < 1.29 is 4.79 Å². The number of benzene rings is 2. The maximum absolute atomic E-state index is 12.9. The molecular formula is C25H28N4OS. The number of rotatable bonds is 7. The predicted molar refractivity (Wildman–Crippen MR) is 127 cm³/mol. The van der Waals surface area contributed by atoms with Crippen LogP contribution >= 0.6 is 11.8 Å². The molecule has 1 aliphatic rings. The zero-order valence-electron chi connectivity index (χ0n) is 17.9. The molecule has 1 aromatic heterocycles. The van der Waals surface area contributed by atoms with E-state index in [1.54, 1.807) is 11.8 Å². The lowest BCUT2D eigenvalue weighted by Gasteiger charge is -2.34. The van der Waals surface area contributed by atoms with Gasteiger partial charge in [0.15, 0.2) is 5.16 Å². The van der Waals surface area contributed by atoms with Gasteiger partial charge in [0.2, 0.25) is 0 Å². The zero-order valence-corrected chi connectivity index (χ0v) is 18.7. The molecule has 2 heterocycles. The second-order valence-corrected chi connectivity index (χ2v) is 8.65. The number of thioether (sulfide) groups is 1. The van der Waals surface area contributed by atoms with Crippen LogP contribution in [0.2, 0.25) is 0 Å². The molecule has 160 valence electrons. The maximum atomic E-state index is 12.9. The van der Waals surface area contributed by atoms with Gasteiger partial charge in [-0.25, -0.2) is 4.98 Å². The average molecular weight is 433 g/mol. The molecule has 0 spiro atoms. The van der Waals surface area contributed by atoms with Gasteiger partial charge in [0.1, 0.15) is 0 Å². The maximum Gasteiger partial charge on any atom is 0.253 e. The Morgan fingerprint density at radius 3 is 2.45 bits per heavy atom. The smallest absolute Gasteiger partial charge is 0.253 e. The van der Waals surface area contributed by atoms with Gasteiger partial charge in [-0.05, 0) is 23.3 Å². The Morgan fingerprint density at radius 1 is 1.03 bits per heavy atom. The Labute approximate surface area is 188 Å². The number of aromatic nitrogens is 2. The van der Waals surface area contributed by atoms with Crippen molar-refractivity contribution in [1.29, 1.82) is 0 Å². The molecule has 5 nitrogen and oxygen atoms in total. The Morgan fingerprint density at radius 2 is 1.77 bits per heavy atom. The summed E-state index contributed by atoms with van der Waals surface area (Å²) in [4.78, 5) is 21.6. The van der Waals surface area contributed by atoms with Crippen molar-refractivity contribution in [3.8, 4) is 0 Å². The van der Waals surface area contributed by atoms with Crippen LogP contribution in [0.3, 0.4) is 0 Å². The number of imidazole rings is 1. The van der Waals surface area contributed by atoms with Gasteiger partial charge in [-0.2, -0.15) is 0 Å². The van der Waals surface area contributed by atoms with Gasteiger partial charge in [0.05, 0.1) is 0 Å². The summed E-state index contributed by atoms with van der Waals surface area (Å²) in [5.41, 5.74) is 3.18. The molecule has 1 amide bonds. The zero-order chi connectivity index (χ0) is 21.5. The van der Waals surface area contributed by atoms with Gasteiger partial charge in [-0.15, -0.1) is 0 Å². The van der Waals surface area contributed by atoms with Crippen LogP contribution < -0.4 is 0 Å². The number of nitrogens with zero attached hydrogens (tertiary/aromatic N) is 4. The van der Waals surface area contributed by atoms with E-state index in [0.29, 0.717) is 0 Å². The highest BCUT2D eigenvalue weighted by Crippen LogP contribution is 2.21. The fraction of sp³-hybridized carbons (Fsp3) is 0.280. The van der Waals surface area contributed by atoms with Crippen molar-refractivity contribution in [2.75, 3.05) is 32.7 Å². The van der Waals surface area contributed by atoms with E-state index in [1.165, 1.54) is 11.1 Å². The van der Waals surface area contributed by atoms with E-state index < -0.39 is 0 Å². The summed E-state index contributed by atoms with van der Waals surface area (Å²) in [6.45, 7) is 4.27. The molecule has 6 heteroatoms. The lowest BCUT2D eigenvalue weighted by Crippen LogP contribution is -2.48. The summed E-state index contributed by atoms with van der Waals surface area (Å²) in [6, 6.07) is 18.3. The van der Waals surface area contributed by atoms with E-state index in [0.717, 1.165) is 49.2 Å². The predicted octanol–water partition coefficient (Wildman–Crippen LogP) is 4.18. The van der Waals surface area contributed by atoms with Crippen LogP contribution in [0.4, 0.5) is 0 Å². The number of amides is 1. The third-order valence-electron chi connectivity index (χ3n) is 5.48. The summed E-state index contributed by atoms with van der Waals surface area (Å²) in [5.74, 6) is 0.969. The first-order chi connectivity index (χ1) is 15.2. The van der Waals surface area contributed by atoms with Crippen LogP contribution in [-0.4, -0.2) is 58.0 Å².